The number of likely N-dealkylation sites (N-methyl/N-ethyl adjacent to an activating group) is 1. The maximum Gasteiger partial charge on any atom is 0.146 e. The Kier molecular flexibility index (Phi) is 2.38. The molecule has 1 rings (SSSR count). The van der Waals surface area contributed by atoms with Crippen molar-refractivity contribution in [3.8, 4) is 0 Å². The van der Waals surface area contributed by atoms with Gasteiger partial charge in [-0.1, -0.05) is 18.9 Å². The van der Waals surface area contributed by atoms with Crippen molar-refractivity contribution in [1.29, 1.82) is 0 Å². The number of rotatable bonds is 3. The zero-order valence-electron chi connectivity index (χ0n) is 6.13. The highest BCUT2D eigenvalue weighted by Gasteiger charge is 2.38. The van der Waals surface area contributed by atoms with Gasteiger partial charge in [-0.05, 0) is 13.2 Å². The standard InChI is InChI=1S/C6H13NOS/c1-4-7(9-3)6-5(2)8-6/h5-6H,4H2,1-3H3. The van der Waals surface area contributed by atoms with E-state index in [4.69, 9.17) is 4.74 Å². The Morgan fingerprint density at radius 3 is 2.33 bits per heavy atom. The maximum atomic E-state index is 5.27. The minimum atomic E-state index is 0.394. The van der Waals surface area contributed by atoms with E-state index in [1.54, 1.807) is 11.9 Å². The molecule has 0 amide bonds. The second-order valence-corrected chi connectivity index (χ2v) is 2.98. The molecule has 0 spiro atoms. The van der Waals surface area contributed by atoms with E-state index in [0.717, 1.165) is 6.54 Å². The van der Waals surface area contributed by atoms with E-state index in [2.05, 4.69) is 24.4 Å². The van der Waals surface area contributed by atoms with Gasteiger partial charge in [0.05, 0.1) is 6.10 Å². The van der Waals surface area contributed by atoms with Crippen LogP contribution >= 0.6 is 11.9 Å². The second-order valence-electron chi connectivity index (χ2n) is 2.15. The number of ether oxygens (including phenoxy) is 1. The van der Waals surface area contributed by atoms with Gasteiger partial charge in [0.15, 0.2) is 0 Å². The third kappa shape index (κ3) is 1.60. The highest BCUT2D eigenvalue weighted by molar-refractivity contribution is 7.96. The molecule has 0 bridgehead atoms. The molecule has 0 aromatic heterocycles. The molecule has 9 heavy (non-hydrogen) atoms. The van der Waals surface area contributed by atoms with Crippen LogP contribution in [0.1, 0.15) is 13.8 Å². The molecule has 1 fully saturated rings. The van der Waals surface area contributed by atoms with Crippen molar-refractivity contribution in [2.45, 2.75) is 26.2 Å². The summed E-state index contributed by atoms with van der Waals surface area (Å²) >= 11 is 1.75. The van der Waals surface area contributed by atoms with Crippen LogP contribution in [0.2, 0.25) is 0 Å². The minimum absolute atomic E-state index is 0.394. The molecule has 0 N–H and O–H groups in total. The molecule has 1 aliphatic heterocycles. The molecule has 1 aliphatic rings. The van der Waals surface area contributed by atoms with Gasteiger partial charge in [0.1, 0.15) is 6.23 Å². The molecule has 3 heteroatoms. The minimum Gasteiger partial charge on any atom is -0.352 e. The number of epoxide rings is 1. The SMILES string of the molecule is CCN(SC)C1OC1C. The molecule has 0 radical (unpaired) electrons. The van der Waals surface area contributed by atoms with E-state index in [0.29, 0.717) is 12.3 Å². The molecule has 0 aromatic rings. The summed E-state index contributed by atoms with van der Waals surface area (Å²) < 4.78 is 7.51. The Morgan fingerprint density at radius 1 is 1.67 bits per heavy atom. The zero-order chi connectivity index (χ0) is 6.85. The van der Waals surface area contributed by atoms with Crippen LogP contribution in [-0.2, 0) is 4.74 Å². The number of nitrogens with zero attached hydrogens (tertiary/aromatic N) is 1. The zero-order valence-corrected chi connectivity index (χ0v) is 6.94. The van der Waals surface area contributed by atoms with E-state index < -0.39 is 0 Å². The summed E-state index contributed by atoms with van der Waals surface area (Å²) in [4.78, 5) is 0. The van der Waals surface area contributed by atoms with Gasteiger partial charge in [0, 0.05) is 6.54 Å². The fourth-order valence-corrected chi connectivity index (χ4v) is 1.58. The Balaban J connectivity index is 2.23. The molecule has 1 saturated heterocycles. The normalized spacial score (nSPS) is 33.3. The monoisotopic (exact) mass is 147 g/mol. The first-order valence-electron chi connectivity index (χ1n) is 3.25. The van der Waals surface area contributed by atoms with Crippen LogP contribution in [-0.4, -0.2) is 29.4 Å². The summed E-state index contributed by atoms with van der Waals surface area (Å²) in [5, 5.41) is 0. The van der Waals surface area contributed by atoms with Crippen LogP contribution in [0, 0.1) is 0 Å². The van der Waals surface area contributed by atoms with E-state index in [9.17, 15) is 0 Å². The van der Waals surface area contributed by atoms with Gasteiger partial charge in [0.25, 0.3) is 0 Å². The third-order valence-electron chi connectivity index (χ3n) is 1.51. The molecular weight excluding hydrogens is 134 g/mol. The van der Waals surface area contributed by atoms with Crippen molar-refractivity contribution in [1.82, 2.24) is 4.31 Å². The van der Waals surface area contributed by atoms with Crippen LogP contribution in [0.4, 0.5) is 0 Å². The molecule has 0 saturated carbocycles. The molecule has 2 unspecified atom stereocenters. The highest BCUT2D eigenvalue weighted by atomic mass is 32.2. The van der Waals surface area contributed by atoms with Crippen molar-refractivity contribution >= 4 is 11.9 Å². The molecule has 0 aromatic carbocycles. The van der Waals surface area contributed by atoms with Gasteiger partial charge >= 0.3 is 0 Å². The fourth-order valence-electron chi connectivity index (χ4n) is 0.890. The Morgan fingerprint density at radius 2 is 2.22 bits per heavy atom. The van der Waals surface area contributed by atoms with Gasteiger partial charge in [0.2, 0.25) is 0 Å². The van der Waals surface area contributed by atoms with Gasteiger partial charge < -0.3 is 4.74 Å². The predicted molar refractivity (Wildman–Crippen MR) is 40.2 cm³/mol. The first kappa shape index (κ1) is 7.38. The van der Waals surface area contributed by atoms with Crippen LogP contribution in [0.5, 0.6) is 0 Å². The molecule has 0 aliphatic carbocycles. The largest absolute Gasteiger partial charge is 0.352 e. The average molecular weight is 147 g/mol. The van der Waals surface area contributed by atoms with Crippen LogP contribution in [0.3, 0.4) is 0 Å². The maximum absolute atomic E-state index is 5.27. The van der Waals surface area contributed by atoms with Gasteiger partial charge in [-0.15, -0.1) is 0 Å². The third-order valence-corrected chi connectivity index (χ3v) is 2.44. The van der Waals surface area contributed by atoms with Crippen molar-refractivity contribution in [3.05, 3.63) is 0 Å². The summed E-state index contributed by atoms with van der Waals surface area (Å²) in [6, 6.07) is 0. The van der Waals surface area contributed by atoms with Gasteiger partial charge in [-0.2, -0.15) is 0 Å². The van der Waals surface area contributed by atoms with Crippen molar-refractivity contribution in [2.24, 2.45) is 0 Å². The van der Waals surface area contributed by atoms with E-state index >= 15 is 0 Å². The van der Waals surface area contributed by atoms with E-state index in [1.807, 2.05) is 0 Å². The highest BCUT2D eigenvalue weighted by Crippen LogP contribution is 2.28. The van der Waals surface area contributed by atoms with Gasteiger partial charge in [-0.3, -0.25) is 0 Å². The lowest BCUT2D eigenvalue weighted by atomic mass is 10.5. The first-order chi connectivity index (χ1) is 4.29. The van der Waals surface area contributed by atoms with Crippen molar-refractivity contribution < 1.29 is 4.74 Å². The predicted octanol–water partition coefficient (Wildman–Crippen LogP) is 1.33. The molecule has 2 nitrogen and oxygen atoms in total. The van der Waals surface area contributed by atoms with Gasteiger partial charge in [-0.25, -0.2) is 4.31 Å². The van der Waals surface area contributed by atoms with Crippen molar-refractivity contribution in [3.63, 3.8) is 0 Å². The average Bonchev–Trinajstić information content (AvgIpc) is 2.51. The summed E-state index contributed by atoms with van der Waals surface area (Å²) in [7, 11) is 0. The summed E-state index contributed by atoms with van der Waals surface area (Å²) in [5.74, 6) is 0. The summed E-state index contributed by atoms with van der Waals surface area (Å²) in [6.07, 6.45) is 2.93. The lowest BCUT2D eigenvalue weighted by Crippen LogP contribution is -2.19. The summed E-state index contributed by atoms with van der Waals surface area (Å²) in [6.45, 7) is 5.31. The van der Waals surface area contributed by atoms with Crippen LogP contribution < -0.4 is 0 Å². The first-order valence-corrected chi connectivity index (χ1v) is 4.44. The van der Waals surface area contributed by atoms with E-state index in [-0.39, 0.29) is 0 Å². The molecular formula is C6H13NOS. The number of hydrogen-bond donors (Lipinski definition) is 0. The topological polar surface area (TPSA) is 15.8 Å². The quantitative estimate of drug-likeness (QED) is 0.442. The Bertz CT molecular complexity index is 95.1. The van der Waals surface area contributed by atoms with Crippen molar-refractivity contribution in [2.75, 3.05) is 12.8 Å². The summed E-state index contributed by atoms with van der Waals surface area (Å²) in [5.41, 5.74) is 0. The fraction of sp³-hybridized carbons (Fsp3) is 1.00. The second kappa shape index (κ2) is 2.90. The molecule has 54 valence electrons. The lowest BCUT2D eigenvalue weighted by molar-refractivity contribution is 0.289. The van der Waals surface area contributed by atoms with E-state index in [1.165, 1.54) is 0 Å². The van der Waals surface area contributed by atoms with Crippen LogP contribution in [0.15, 0.2) is 0 Å². The Labute approximate surface area is 60.7 Å². The van der Waals surface area contributed by atoms with Crippen LogP contribution in [0.25, 0.3) is 0 Å². The molecule has 2 atom stereocenters. The number of hydrogen-bond acceptors (Lipinski definition) is 3. The smallest absolute Gasteiger partial charge is 0.146 e. The lowest BCUT2D eigenvalue weighted by Gasteiger charge is -2.12. The Hall–Kier alpha value is 0.270. The molecule has 1 heterocycles.